The molecule has 0 atom stereocenters. The maximum absolute atomic E-state index is 4.70. The lowest BCUT2D eigenvalue weighted by Gasteiger charge is -2.43. The molecule has 0 amide bonds. The molecule has 2 aliphatic heterocycles. The number of likely N-dealkylation sites (tertiary alicyclic amines) is 1. The van der Waals surface area contributed by atoms with E-state index in [2.05, 4.69) is 46.5 Å². The summed E-state index contributed by atoms with van der Waals surface area (Å²) in [4.78, 5) is 17.1. The summed E-state index contributed by atoms with van der Waals surface area (Å²) in [6, 6.07) is 2.99. The first-order chi connectivity index (χ1) is 12.5. The first-order valence-electron chi connectivity index (χ1n) is 10.6. The predicted molar refractivity (Wildman–Crippen MR) is 109 cm³/mol. The Kier molecular flexibility index (Phi) is 6.87. The lowest BCUT2D eigenvalue weighted by molar-refractivity contribution is 0.0972. The van der Waals surface area contributed by atoms with Crippen LogP contribution < -0.4 is 4.90 Å². The van der Waals surface area contributed by atoms with Crippen LogP contribution in [0.15, 0.2) is 6.07 Å². The number of hydrogen-bond acceptors (Lipinski definition) is 5. The van der Waals surface area contributed by atoms with Crippen molar-refractivity contribution >= 4 is 5.82 Å². The third-order valence-corrected chi connectivity index (χ3v) is 5.72. The van der Waals surface area contributed by atoms with Gasteiger partial charge in [0.15, 0.2) is 0 Å². The van der Waals surface area contributed by atoms with Crippen molar-refractivity contribution in [1.82, 2.24) is 19.8 Å². The first kappa shape index (κ1) is 19.6. The van der Waals surface area contributed by atoms with Gasteiger partial charge in [-0.15, -0.1) is 0 Å². The Morgan fingerprint density at radius 1 is 1.04 bits per heavy atom. The molecule has 0 aromatic carbocycles. The van der Waals surface area contributed by atoms with Gasteiger partial charge in [-0.3, -0.25) is 4.90 Å². The summed E-state index contributed by atoms with van der Waals surface area (Å²) < 4.78 is 0. The van der Waals surface area contributed by atoms with Gasteiger partial charge in [0.25, 0.3) is 0 Å². The highest BCUT2D eigenvalue weighted by Gasteiger charge is 2.28. The molecule has 0 aliphatic carbocycles. The van der Waals surface area contributed by atoms with Gasteiger partial charge in [-0.25, -0.2) is 9.97 Å². The molecular weight excluding hydrogens is 322 g/mol. The van der Waals surface area contributed by atoms with Crippen LogP contribution in [0.2, 0.25) is 0 Å². The van der Waals surface area contributed by atoms with Crippen molar-refractivity contribution in [3.05, 3.63) is 17.6 Å². The van der Waals surface area contributed by atoms with Crippen LogP contribution in [0.1, 0.15) is 51.6 Å². The van der Waals surface area contributed by atoms with Crippen LogP contribution in [-0.4, -0.2) is 71.6 Å². The van der Waals surface area contributed by atoms with Crippen LogP contribution in [-0.2, 0) is 6.42 Å². The smallest absolute Gasteiger partial charge is 0.132 e. The minimum atomic E-state index is 0.781. The standard InChI is InChI=1S/C21H37N5/c1-5-6-19-15-21(23-18(4)22-19)26-13-11-25(12-14-26)20-7-9-24(10-8-20)16-17(2)3/h15,17,20H,5-14,16H2,1-4H3. The second-order valence-electron chi connectivity index (χ2n) is 8.46. The molecule has 3 heterocycles. The van der Waals surface area contributed by atoms with Crippen molar-refractivity contribution in [2.24, 2.45) is 5.92 Å². The maximum atomic E-state index is 4.70. The molecule has 2 fully saturated rings. The quantitative estimate of drug-likeness (QED) is 0.780. The highest BCUT2D eigenvalue weighted by atomic mass is 15.3. The highest BCUT2D eigenvalue weighted by molar-refractivity contribution is 5.40. The fraction of sp³-hybridized carbons (Fsp3) is 0.810. The van der Waals surface area contributed by atoms with E-state index < -0.39 is 0 Å². The number of rotatable bonds is 6. The van der Waals surface area contributed by atoms with E-state index in [1.165, 1.54) is 51.3 Å². The molecule has 0 bridgehead atoms. The van der Waals surface area contributed by atoms with Gasteiger partial charge in [-0.05, 0) is 45.2 Å². The molecule has 0 N–H and O–H groups in total. The van der Waals surface area contributed by atoms with Crippen molar-refractivity contribution in [3.8, 4) is 0 Å². The van der Waals surface area contributed by atoms with Gasteiger partial charge in [-0.2, -0.15) is 0 Å². The Balaban J connectivity index is 1.50. The summed E-state index contributed by atoms with van der Waals surface area (Å²) in [7, 11) is 0. The van der Waals surface area contributed by atoms with Gasteiger partial charge >= 0.3 is 0 Å². The topological polar surface area (TPSA) is 35.5 Å². The Morgan fingerprint density at radius 3 is 2.35 bits per heavy atom. The lowest BCUT2D eigenvalue weighted by atomic mass is 10.0. The number of aromatic nitrogens is 2. The first-order valence-corrected chi connectivity index (χ1v) is 10.6. The molecule has 0 spiro atoms. The molecule has 5 heteroatoms. The predicted octanol–water partition coefficient (Wildman–Crippen LogP) is 2.98. The van der Waals surface area contributed by atoms with Gasteiger partial charge in [0, 0.05) is 50.5 Å². The van der Waals surface area contributed by atoms with E-state index in [4.69, 9.17) is 4.98 Å². The largest absolute Gasteiger partial charge is 0.354 e. The van der Waals surface area contributed by atoms with E-state index in [-0.39, 0.29) is 0 Å². The number of nitrogens with zero attached hydrogens (tertiary/aromatic N) is 5. The van der Waals surface area contributed by atoms with Crippen molar-refractivity contribution in [2.75, 3.05) is 50.7 Å². The number of aryl methyl sites for hydroxylation is 2. The average molecular weight is 360 g/mol. The van der Waals surface area contributed by atoms with E-state index in [0.29, 0.717) is 0 Å². The molecule has 26 heavy (non-hydrogen) atoms. The molecule has 0 unspecified atom stereocenters. The van der Waals surface area contributed by atoms with E-state index >= 15 is 0 Å². The van der Waals surface area contributed by atoms with Gasteiger partial charge in [-0.1, -0.05) is 27.2 Å². The minimum absolute atomic E-state index is 0.781. The molecule has 0 saturated carbocycles. The van der Waals surface area contributed by atoms with Crippen LogP contribution >= 0.6 is 0 Å². The Morgan fingerprint density at radius 2 is 1.73 bits per heavy atom. The zero-order valence-electron chi connectivity index (χ0n) is 17.2. The Hall–Kier alpha value is -1.20. The van der Waals surface area contributed by atoms with Crippen molar-refractivity contribution in [2.45, 2.75) is 59.4 Å². The summed E-state index contributed by atoms with van der Waals surface area (Å²) in [5.74, 6) is 2.82. The molecule has 1 aromatic rings. The zero-order chi connectivity index (χ0) is 18.5. The van der Waals surface area contributed by atoms with E-state index in [1.54, 1.807) is 0 Å². The van der Waals surface area contributed by atoms with Gasteiger partial charge in [0.2, 0.25) is 0 Å². The zero-order valence-corrected chi connectivity index (χ0v) is 17.2. The van der Waals surface area contributed by atoms with Crippen molar-refractivity contribution in [3.63, 3.8) is 0 Å². The molecular formula is C21H37N5. The van der Waals surface area contributed by atoms with Gasteiger partial charge in [0.1, 0.15) is 11.6 Å². The number of hydrogen-bond donors (Lipinski definition) is 0. The Bertz CT molecular complexity index is 558. The molecule has 0 radical (unpaired) electrons. The highest BCUT2D eigenvalue weighted by Crippen LogP contribution is 2.21. The van der Waals surface area contributed by atoms with E-state index in [1.807, 2.05) is 6.92 Å². The fourth-order valence-electron chi connectivity index (χ4n) is 4.46. The van der Waals surface area contributed by atoms with Crippen molar-refractivity contribution < 1.29 is 0 Å². The number of piperazine rings is 1. The summed E-state index contributed by atoms with van der Waals surface area (Å²) in [6.45, 7) is 17.2. The van der Waals surface area contributed by atoms with E-state index in [9.17, 15) is 0 Å². The number of anilines is 1. The molecule has 1 aromatic heterocycles. The molecule has 146 valence electrons. The molecule has 2 saturated heterocycles. The monoisotopic (exact) mass is 359 g/mol. The number of piperidine rings is 1. The SMILES string of the molecule is CCCc1cc(N2CCN(C3CCN(CC(C)C)CC3)CC2)nc(C)n1. The molecule has 3 rings (SSSR count). The van der Waals surface area contributed by atoms with Crippen LogP contribution in [0.4, 0.5) is 5.82 Å². The van der Waals surface area contributed by atoms with E-state index in [0.717, 1.165) is 49.5 Å². The normalized spacial score (nSPS) is 20.9. The summed E-state index contributed by atoms with van der Waals surface area (Å²) in [5, 5.41) is 0. The lowest BCUT2D eigenvalue weighted by Crippen LogP contribution is -2.53. The van der Waals surface area contributed by atoms with Crippen LogP contribution in [0.25, 0.3) is 0 Å². The third-order valence-electron chi connectivity index (χ3n) is 5.72. The molecule has 2 aliphatic rings. The van der Waals surface area contributed by atoms with Crippen molar-refractivity contribution in [1.29, 1.82) is 0 Å². The van der Waals surface area contributed by atoms with Gasteiger partial charge < -0.3 is 9.80 Å². The van der Waals surface area contributed by atoms with Crippen LogP contribution in [0.3, 0.4) is 0 Å². The second kappa shape index (κ2) is 9.14. The summed E-state index contributed by atoms with van der Waals surface area (Å²) in [6.07, 6.45) is 4.85. The molecule has 5 nitrogen and oxygen atoms in total. The van der Waals surface area contributed by atoms with Crippen LogP contribution in [0, 0.1) is 12.8 Å². The fourth-order valence-corrected chi connectivity index (χ4v) is 4.46. The Labute approximate surface area is 159 Å². The maximum Gasteiger partial charge on any atom is 0.132 e. The third kappa shape index (κ3) is 5.17. The van der Waals surface area contributed by atoms with Crippen LogP contribution in [0.5, 0.6) is 0 Å². The summed E-state index contributed by atoms with van der Waals surface area (Å²) in [5.41, 5.74) is 1.19. The average Bonchev–Trinajstić information content (AvgIpc) is 2.62. The second-order valence-corrected chi connectivity index (χ2v) is 8.46. The minimum Gasteiger partial charge on any atom is -0.354 e. The summed E-state index contributed by atoms with van der Waals surface area (Å²) >= 11 is 0. The van der Waals surface area contributed by atoms with Gasteiger partial charge in [0.05, 0.1) is 0 Å².